The zero-order valence-corrected chi connectivity index (χ0v) is 26.6. The second-order valence-corrected chi connectivity index (χ2v) is 12.1. The van der Waals surface area contributed by atoms with Crippen LogP contribution in [-0.4, -0.2) is 19.5 Å². The molecule has 0 saturated carbocycles. The highest BCUT2D eigenvalue weighted by atomic mass is 15.0. The van der Waals surface area contributed by atoms with Gasteiger partial charge in [0, 0.05) is 29.0 Å². The number of aromatic nitrogens is 4. The first-order valence-electron chi connectivity index (χ1n) is 16.4. The van der Waals surface area contributed by atoms with E-state index in [0.29, 0.717) is 0 Å². The van der Waals surface area contributed by atoms with Crippen molar-refractivity contribution < 1.29 is 0 Å². The molecule has 9 aromatic rings. The van der Waals surface area contributed by atoms with Gasteiger partial charge < -0.3 is 4.57 Å². The number of nitrogens with zero attached hydrogens (tertiary/aromatic N) is 4. The van der Waals surface area contributed by atoms with E-state index >= 15 is 0 Å². The molecule has 0 fully saturated rings. The van der Waals surface area contributed by atoms with Gasteiger partial charge in [0.15, 0.2) is 0 Å². The maximum absolute atomic E-state index is 5.11. The first kappa shape index (κ1) is 28.6. The number of hydrogen-bond donors (Lipinski definition) is 0. The van der Waals surface area contributed by atoms with Crippen LogP contribution in [0.5, 0.6) is 0 Å². The van der Waals surface area contributed by atoms with Crippen LogP contribution >= 0.6 is 0 Å². The molecule has 0 atom stereocenters. The lowest BCUT2D eigenvalue weighted by Gasteiger charge is -2.12. The Morgan fingerprint density at radius 3 is 1.59 bits per heavy atom. The van der Waals surface area contributed by atoms with Crippen LogP contribution in [-0.2, 0) is 0 Å². The Morgan fingerprint density at radius 1 is 0.347 bits per heavy atom. The summed E-state index contributed by atoms with van der Waals surface area (Å²) < 4.78 is 2.28. The van der Waals surface area contributed by atoms with Gasteiger partial charge in [-0.15, -0.1) is 0 Å². The van der Waals surface area contributed by atoms with Crippen LogP contribution < -0.4 is 0 Å². The molecule has 0 aliphatic carbocycles. The van der Waals surface area contributed by atoms with Crippen molar-refractivity contribution in [2.75, 3.05) is 0 Å². The molecule has 0 N–H and O–H groups in total. The van der Waals surface area contributed by atoms with Gasteiger partial charge in [0.2, 0.25) is 0 Å². The summed E-state index contributed by atoms with van der Waals surface area (Å²) in [6.07, 6.45) is 3.67. The minimum atomic E-state index is 0.839. The normalized spacial score (nSPS) is 11.3. The fourth-order valence-corrected chi connectivity index (χ4v) is 6.67. The van der Waals surface area contributed by atoms with Crippen LogP contribution in [0.15, 0.2) is 182 Å². The predicted octanol–water partition coefficient (Wildman–Crippen LogP) is 11.3. The Hall–Kier alpha value is -6.65. The van der Waals surface area contributed by atoms with Gasteiger partial charge in [0.05, 0.1) is 33.6 Å². The largest absolute Gasteiger partial charge is 0.308 e. The molecular formula is C45H30N4. The summed E-state index contributed by atoms with van der Waals surface area (Å²) in [5, 5.41) is 1.15. The van der Waals surface area contributed by atoms with Crippen molar-refractivity contribution in [2.24, 2.45) is 0 Å². The molecule has 0 saturated heterocycles. The Labute approximate surface area is 284 Å². The summed E-state index contributed by atoms with van der Waals surface area (Å²) in [6, 6.07) is 59.5. The van der Waals surface area contributed by atoms with E-state index in [4.69, 9.17) is 9.97 Å². The predicted molar refractivity (Wildman–Crippen MR) is 201 cm³/mol. The Balaban J connectivity index is 1.08. The highest BCUT2D eigenvalue weighted by Gasteiger charge is 2.14. The zero-order valence-electron chi connectivity index (χ0n) is 26.6. The van der Waals surface area contributed by atoms with Gasteiger partial charge in [0.1, 0.15) is 0 Å². The molecule has 49 heavy (non-hydrogen) atoms. The van der Waals surface area contributed by atoms with Crippen molar-refractivity contribution in [3.63, 3.8) is 0 Å². The van der Waals surface area contributed by atoms with Crippen molar-refractivity contribution >= 4 is 21.9 Å². The van der Waals surface area contributed by atoms with Crippen molar-refractivity contribution in [2.45, 2.75) is 0 Å². The Kier molecular flexibility index (Phi) is 7.10. The molecule has 4 heterocycles. The second kappa shape index (κ2) is 12.2. The van der Waals surface area contributed by atoms with E-state index < -0.39 is 0 Å². The Morgan fingerprint density at radius 2 is 0.898 bits per heavy atom. The van der Waals surface area contributed by atoms with Gasteiger partial charge in [-0.1, -0.05) is 115 Å². The summed E-state index contributed by atoms with van der Waals surface area (Å²) in [7, 11) is 0. The third kappa shape index (κ3) is 5.35. The lowest BCUT2D eigenvalue weighted by atomic mass is 9.97. The standard InChI is InChI=1S/C45H30N4/c1-2-9-31(10-3-1)32-15-17-33(18-16-32)34-19-21-35(22-20-34)37-29-41(48-42(30-37)40-12-6-7-27-46-40)36-23-25-38(26-24-36)49-43-13-5-4-11-39(43)45-44(49)14-8-28-47-45/h1-30H. The zero-order chi connectivity index (χ0) is 32.6. The fourth-order valence-electron chi connectivity index (χ4n) is 6.67. The van der Waals surface area contributed by atoms with E-state index in [2.05, 4.69) is 149 Å². The fraction of sp³-hybridized carbons (Fsp3) is 0. The number of fused-ring (bicyclic) bond motifs is 3. The van der Waals surface area contributed by atoms with Gasteiger partial charge >= 0.3 is 0 Å². The van der Waals surface area contributed by atoms with Crippen molar-refractivity contribution in [3.8, 4) is 61.7 Å². The maximum atomic E-state index is 5.11. The summed E-state index contributed by atoms with van der Waals surface area (Å²) in [5.74, 6) is 0. The molecule has 0 bridgehead atoms. The summed E-state index contributed by atoms with van der Waals surface area (Å²) >= 11 is 0. The number of hydrogen-bond acceptors (Lipinski definition) is 3. The van der Waals surface area contributed by atoms with E-state index in [1.807, 2.05) is 42.7 Å². The number of pyridine rings is 3. The molecule has 0 spiro atoms. The van der Waals surface area contributed by atoms with E-state index in [9.17, 15) is 0 Å². The topological polar surface area (TPSA) is 43.6 Å². The van der Waals surface area contributed by atoms with Crippen LogP contribution in [0.4, 0.5) is 0 Å². The average Bonchev–Trinajstić information content (AvgIpc) is 3.53. The Bertz CT molecular complexity index is 2500. The minimum absolute atomic E-state index is 0.839. The van der Waals surface area contributed by atoms with Gasteiger partial charge in [-0.25, -0.2) is 4.98 Å². The molecule has 5 aromatic carbocycles. The van der Waals surface area contributed by atoms with Crippen molar-refractivity contribution in [1.82, 2.24) is 19.5 Å². The average molecular weight is 627 g/mol. The van der Waals surface area contributed by atoms with Gasteiger partial charge in [0.25, 0.3) is 0 Å². The second-order valence-electron chi connectivity index (χ2n) is 12.1. The third-order valence-electron chi connectivity index (χ3n) is 9.14. The molecular weight excluding hydrogens is 597 g/mol. The highest BCUT2D eigenvalue weighted by Crippen LogP contribution is 2.34. The smallest absolute Gasteiger partial charge is 0.0963 e. The molecule has 9 rings (SSSR count). The number of rotatable bonds is 6. The SMILES string of the molecule is c1ccc(-c2ccc(-c3ccc(-c4cc(-c5ccc(-n6c7ccccc7c7ncccc76)cc5)nc(-c5ccccn5)c4)cc3)cc2)cc1. The lowest BCUT2D eigenvalue weighted by molar-refractivity contribution is 1.17. The van der Waals surface area contributed by atoms with E-state index in [1.165, 1.54) is 22.3 Å². The van der Waals surface area contributed by atoms with Crippen molar-refractivity contribution in [3.05, 3.63) is 182 Å². The van der Waals surface area contributed by atoms with Crippen LogP contribution in [0.1, 0.15) is 0 Å². The molecule has 0 aliphatic heterocycles. The third-order valence-corrected chi connectivity index (χ3v) is 9.14. The molecule has 4 aromatic heterocycles. The van der Waals surface area contributed by atoms with Crippen LogP contribution in [0.2, 0.25) is 0 Å². The van der Waals surface area contributed by atoms with Crippen LogP contribution in [0.3, 0.4) is 0 Å². The van der Waals surface area contributed by atoms with E-state index in [0.717, 1.165) is 61.4 Å². The summed E-state index contributed by atoms with van der Waals surface area (Å²) in [6.45, 7) is 0. The maximum Gasteiger partial charge on any atom is 0.0963 e. The summed E-state index contributed by atoms with van der Waals surface area (Å²) in [5.41, 5.74) is 15.0. The highest BCUT2D eigenvalue weighted by molar-refractivity contribution is 6.06. The van der Waals surface area contributed by atoms with Crippen LogP contribution in [0, 0.1) is 0 Å². The first-order valence-corrected chi connectivity index (χ1v) is 16.4. The number of benzene rings is 5. The summed E-state index contributed by atoms with van der Waals surface area (Å²) in [4.78, 5) is 14.4. The van der Waals surface area contributed by atoms with Crippen LogP contribution in [0.25, 0.3) is 83.6 Å². The van der Waals surface area contributed by atoms with E-state index in [1.54, 1.807) is 0 Å². The molecule has 0 unspecified atom stereocenters. The number of para-hydroxylation sites is 1. The molecule has 230 valence electrons. The van der Waals surface area contributed by atoms with Gasteiger partial charge in [-0.2, -0.15) is 0 Å². The van der Waals surface area contributed by atoms with Gasteiger partial charge in [-0.05, 0) is 88.0 Å². The van der Waals surface area contributed by atoms with E-state index in [-0.39, 0.29) is 0 Å². The minimum Gasteiger partial charge on any atom is -0.308 e. The molecule has 0 amide bonds. The quantitative estimate of drug-likeness (QED) is 0.184. The molecule has 4 nitrogen and oxygen atoms in total. The molecule has 0 radical (unpaired) electrons. The van der Waals surface area contributed by atoms with Crippen molar-refractivity contribution in [1.29, 1.82) is 0 Å². The van der Waals surface area contributed by atoms with Gasteiger partial charge in [-0.3, -0.25) is 9.97 Å². The lowest BCUT2D eigenvalue weighted by Crippen LogP contribution is -1.95. The molecule has 4 heteroatoms. The monoisotopic (exact) mass is 626 g/mol. The molecule has 0 aliphatic rings. The first-order chi connectivity index (χ1) is 24.3.